The number of nitrogen functional groups attached to an aromatic ring is 1. The molecular formula is C12H18Cl2N2. The Bertz CT molecular complexity index is 343. The summed E-state index contributed by atoms with van der Waals surface area (Å²) in [4.78, 5) is 0. The van der Waals surface area contributed by atoms with Gasteiger partial charge in [0.25, 0.3) is 0 Å². The van der Waals surface area contributed by atoms with Crippen LogP contribution in [0.2, 0.25) is 10.0 Å². The molecule has 0 fully saturated rings. The molecule has 0 aliphatic heterocycles. The van der Waals surface area contributed by atoms with E-state index in [-0.39, 0.29) is 6.04 Å². The van der Waals surface area contributed by atoms with Crippen LogP contribution in [0.4, 0.5) is 5.69 Å². The van der Waals surface area contributed by atoms with Gasteiger partial charge in [-0.3, -0.25) is 0 Å². The first-order valence-electron chi connectivity index (χ1n) is 5.46. The van der Waals surface area contributed by atoms with Crippen molar-refractivity contribution in [3.63, 3.8) is 0 Å². The second-order valence-corrected chi connectivity index (χ2v) is 4.91. The van der Waals surface area contributed by atoms with E-state index in [1.165, 1.54) is 0 Å². The summed E-state index contributed by atoms with van der Waals surface area (Å²) < 4.78 is 0. The predicted molar refractivity (Wildman–Crippen MR) is 72.2 cm³/mol. The van der Waals surface area contributed by atoms with Crippen molar-refractivity contribution in [2.24, 2.45) is 0 Å². The van der Waals surface area contributed by atoms with Crippen LogP contribution in [0, 0.1) is 0 Å². The molecule has 0 aliphatic rings. The maximum atomic E-state index is 6.00. The highest BCUT2D eigenvalue weighted by atomic mass is 35.5. The van der Waals surface area contributed by atoms with Gasteiger partial charge < -0.3 is 11.1 Å². The largest absolute Gasteiger partial charge is 0.396 e. The molecule has 4 heteroatoms. The van der Waals surface area contributed by atoms with Gasteiger partial charge in [0.15, 0.2) is 0 Å². The summed E-state index contributed by atoms with van der Waals surface area (Å²) in [6.45, 7) is 6.38. The lowest BCUT2D eigenvalue weighted by Crippen LogP contribution is -2.28. The summed E-state index contributed by atoms with van der Waals surface area (Å²) in [6.07, 6.45) is 1.08. The molecule has 2 atom stereocenters. The fourth-order valence-electron chi connectivity index (χ4n) is 1.49. The van der Waals surface area contributed by atoms with Crippen molar-refractivity contribution in [3.05, 3.63) is 27.7 Å². The average Bonchev–Trinajstić information content (AvgIpc) is 2.24. The minimum Gasteiger partial charge on any atom is -0.396 e. The molecule has 0 aromatic heterocycles. The molecule has 1 aromatic rings. The monoisotopic (exact) mass is 260 g/mol. The second kappa shape index (κ2) is 5.76. The minimum atomic E-state index is 0.213. The van der Waals surface area contributed by atoms with E-state index in [0.29, 0.717) is 21.8 Å². The molecule has 0 spiro atoms. The Morgan fingerprint density at radius 1 is 1.25 bits per heavy atom. The molecule has 0 aliphatic carbocycles. The fraction of sp³-hybridized carbons (Fsp3) is 0.500. The Kier molecular flexibility index (Phi) is 4.90. The van der Waals surface area contributed by atoms with Crippen LogP contribution >= 0.6 is 23.2 Å². The van der Waals surface area contributed by atoms with Crippen LogP contribution in [0.1, 0.15) is 38.8 Å². The quantitative estimate of drug-likeness (QED) is 0.803. The van der Waals surface area contributed by atoms with E-state index in [0.717, 1.165) is 12.0 Å². The maximum absolute atomic E-state index is 6.00. The molecule has 0 heterocycles. The van der Waals surface area contributed by atoms with Gasteiger partial charge in [-0.2, -0.15) is 0 Å². The van der Waals surface area contributed by atoms with Gasteiger partial charge in [-0.1, -0.05) is 30.1 Å². The lowest BCUT2D eigenvalue weighted by Gasteiger charge is -2.20. The molecule has 16 heavy (non-hydrogen) atoms. The van der Waals surface area contributed by atoms with Crippen molar-refractivity contribution in [1.29, 1.82) is 0 Å². The lowest BCUT2D eigenvalue weighted by atomic mass is 10.1. The molecule has 0 amide bonds. The third-order valence-corrected chi connectivity index (χ3v) is 3.37. The van der Waals surface area contributed by atoms with Crippen LogP contribution in [0.5, 0.6) is 0 Å². The van der Waals surface area contributed by atoms with Crippen LogP contribution in [-0.4, -0.2) is 6.04 Å². The van der Waals surface area contributed by atoms with Crippen molar-refractivity contribution in [3.8, 4) is 0 Å². The molecular weight excluding hydrogens is 243 g/mol. The van der Waals surface area contributed by atoms with Gasteiger partial charge in [-0.15, -0.1) is 0 Å². The molecule has 3 N–H and O–H groups in total. The number of hydrogen-bond acceptors (Lipinski definition) is 2. The van der Waals surface area contributed by atoms with Crippen molar-refractivity contribution < 1.29 is 0 Å². The van der Waals surface area contributed by atoms with E-state index in [1.54, 1.807) is 0 Å². The third kappa shape index (κ3) is 3.27. The molecule has 1 aromatic carbocycles. The topological polar surface area (TPSA) is 38.0 Å². The normalized spacial score (nSPS) is 14.8. The number of halogens is 2. The maximum Gasteiger partial charge on any atom is 0.0693 e. The first kappa shape index (κ1) is 13.6. The Labute approximate surface area is 107 Å². The number of hydrogen-bond donors (Lipinski definition) is 2. The Morgan fingerprint density at radius 2 is 1.75 bits per heavy atom. The van der Waals surface area contributed by atoms with Crippen LogP contribution in [0.3, 0.4) is 0 Å². The summed E-state index contributed by atoms with van der Waals surface area (Å²) in [7, 11) is 0. The first-order valence-corrected chi connectivity index (χ1v) is 6.21. The molecule has 0 saturated carbocycles. The standard InChI is InChI=1S/C12H18Cl2N2/c1-4-7(2)16-8(3)9-5-10(13)12(15)11(14)6-9/h5-8,16H,4,15H2,1-3H3. The average molecular weight is 261 g/mol. The molecule has 0 bridgehead atoms. The number of nitrogens with one attached hydrogen (secondary N) is 1. The molecule has 0 radical (unpaired) electrons. The number of anilines is 1. The SMILES string of the molecule is CCC(C)NC(C)c1cc(Cl)c(N)c(Cl)c1. The van der Waals surface area contributed by atoms with Crippen LogP contribution in [0.15, 0.2) is 12.1 Å². The van der Waals surface area contributed by atoms with Gasteiger partial charge in [0.1, 0.15) is 0 Å². The minimum absolute atomic E-state index is 0.213. The molecule has 90 valence electrons. The second-order valence-electron chi connectivity index (χ2n) is 4.10. The lowest BCUT2D eigenvalue weighted by molar-refractivity contribution is 0.469. The summed E-state index contributed by atoms with van der Waals surface area (Å²) >= 11 is 12.0. The van der Waals surface area contributed by atoms with Gasteiger partial charge >= 0.3 is 0 Å². The van der Waals surface area contributed by atoms with Crippen molar-refractivity contribution in [2.45, 2.75) is 39.3 Å². The zero-order valence-electron chi connectivity index (χ0n) is 9.85. The van der Waals surface area contributed by atoms with Crippen molar-refractivity contribution in [1.82, 2.24) is 5.32 Å². The van der Waals surface area contributed by atoms with Crippen LogP contribution in [0.25, 0.3) is 0 Å². The summed E-state index contributed by atoms with van der Waals surface area (Å²) in [5.74, 6) is 0. The summed E-state index contributed by atoms with van der Waals surface area (Å²) in [5, 5.41) is 4.49. The summed E-state index contributed by atoms with van der Waals surface area (Å²) in [5.41, 5.74) is 7.20. The number of rotatable bonds is 4. The summed E-state index contributed by atoms with van der Waals surface area (Å²) in [6, 6.07) is 4.40. The highest BCUT2D eigenvalue weighted by molar-refractivity contribution is 6.38. The molecule has 2 nitrogen and oxygen atoms in total. The zero-order chi connectivity index (χ0) is 12.3. The predicted octanol–water partition coefficient (Wildman–Crippen LogP) is 4.02. The highest BCUT2D eigenvalue weighted by Crippen LogP contribution is 2.31. The zero-order valence-corrected chi connectivity index (χ0v) is 11.4. The van der Waals surface area contributed by atoms with Gasteiger partial charge in [-0.05, 0) is 38.0 Å². The van der Waals surface area contributed by atoms with E-state index in [9.17, 15) is 0 Å². The van der Waals surface area contributed by atoms with Crippen LogP contribution < -0.4 is 11.1 Å². The highest BCUT2D eigenvalue weighted by Gasteiger charge is 2.11. The van der Waals surface area contributed by atoms with Gasteiger partial charge in [0.2, 0.25) is 0 Å². The van der Waals surface area contributed by atoms with E-state index in [4.69, 9.17) is 28.9 Å². The van der Waals surface area contributed by atoms with Gasteiger partial charge in [0.05, 0.1) is 15.7 Å². The fourth-order valence-corrected chi connectivity index (χ4v) is 2.00. The van der Waals surface area contributed by atoms with E-state index in [2.05, 4.69) is 26.1 Å². The Balaban J connectivity index is 2.88. The smallest absolute Gasteiger partial charge is 0.0693 e. The number of nitrogens with two attached hydrogens (primary N) is 1. The van der Waals surface area contributed by atoms with E-state index in [1.807, 2.05) is 12.1 Å². The molecule has 2 unspecified atom stereocenters. The van der Waals surface area contributed by atoms with E-state index >= 15 is 0 Å². The van der Waals surface area contributed by atoms with Gasteiger partial charge in [0, 0.05) is 12.1 Å². The Morgan fingerprint density at radius 3 is 2.19 bits per heavy atom. The first-order chi connectivity index (χ1) is 7.45. The van der Waals surface area contributed by atoms with Gasteiger partial charge in [-0.25, -0.2) is 0 Å². The van der Waals surface area contributed by atoms with Crippen molar-refractivity contribution >= 4 is 28.9 Å². The van der Waals surface area contributed by atoms with E-state index < -0.39 is 0 Å². The molecule has 1 rings (SSSR count). The Hall–Kier alpha value is -0.440. The third-order valence-electron chi connectivity index (χ3n) is 2.75. The van der Waals surface area contributed by atoms with Crippen molar-refractivity contribution in [2.75, 3.05) is 5.73 Å². The van der Waals surface area contributed by atoms with Crippen LogP contribution in [-0.2, 0) is 0 Å². The molecule has 0 saturated heterocycles. The number of benzene rings is 1.